The number of nitrogens with one attached hydrogen (secondary N) is 1. The van der Waals surface area contributed by atoms with Crippen LogP contribution in [0.2, 0.25) is 0 Å². The van der Waals surface area contributed by atoms with Crippen molar-refractivity contribution in [1.82, 2.24) is 5.32 Å². The van der Waals surface area contributed by atoms with E-state index in [1.165, 1.54) is 0 Å². The molecule has 1 amide bonds. The van der Waals surface area contributed by atoms with Gasteiger partial charge in [-0.3, -0.25) is 4.79 Å². The standard InChI is InChI=1S/C15H31NO2/c1-7-15(8-2,11-17)10-16-13(18)9-12(3)14(4,5)6/h12,17H,7-11H2,1-6H3,(H,16,18). The molecule has 0 saturated heterocycles. The fraction of sp³-hybridized carbons (Fsp3) is 0.933. The van der Waals surface area contributed by atoms with E-state index in [0.29, 0.717) is 18.9 Å². The van der Waals surface area contributed by atoms with Crippen LogP contribution in [0.5, 0.6) is 0 Å². The van der Waals surface area contributed by atoms with Gasteiger partial charge in [0.25, 0.3) is 0 Å². The van der Waals surface area contributed by atoms with E-state index in [0.717, 1.165) is 12.8 Å². The molecule has 0 aliphatic heterocycles. The predicted octanol–water partition coefficient (Wildman–Crippen LogP) is 2.97. The predicted molar refractivity (Wildman–Crippen MR) is 76.3 cm³/mol. The maximum absolute atomic E-state index is 11.9. The smallest absolute Gasteiger partial charge is 0.220 e. The molecule has 0 fully saturated rings. The van der Waals surface area contributed by atoms with Gasteiger partial charge in [0.1, 0.15) is 0 Å². The van der Waals surface area contributed by atoms with Gasteiger partial charge < -0.3 is 10.4 Å². The van der Waals surface area contributed by atoms with Gasteiger partial charge in [-0.2, -0.15) is 0 Å². The Morgan fingerprint density at radius 1 is 1.22 bits per heavy atom. The molecule has 1 atom stereocenters. The fourth-order valence-electron chi connectivity index (χ4n) is 1.72. The van der Waals surface area contributed by atoms with E-state index in [4.69, 9.17) is 0 Å². The minimum Gasteiger partial charge on any atom is -0.396 e. The van der Waals surface area contributed by atoms with Crippen LogP contribution in [0.3, 0.4) is 0 Å². The van der Waals surface area contributed by atoms with E-state index >= 15 is 0 Å². The summed E-state index contributed by atoms with van der Waals surface area (Å²) < 4.78 is 0. The van der Waals surface area contributed by atoms with Crippen molar-refractivity contribution in [3.05, 3.63) is 0 Å². The molecular weight excluding hydrogens is 226 g/mol. The van der Waals surface area contributed by atoms with Gasteiger partial charge in [0.15, 0.2) is 0 Å². The minimum absolute atomic E-state index is 0.0946. The van der Waals surface area contributed by atoms with Gasteiger partial charge in [0, 0.05) is 18.4 Å². The monoisotopic (exact) mass is 257 g/mol. The molecule has 0 aliphatic carbocycles. The van der Waals surface area contributed by atoms with Crippen LogP contribution >= 0.6 is 0 Å². The lowest BCUT2D eigenvalue weighted by Gasteiger charge is -2.31. The van der Waals surface area contributed by atoms with E-state index in [9.17, 15) is 9.90 Å². The van der Waals surface area contributed by atoms with E-state index in [1.54, 1.807) is 0 Å². The zero-order chi connectivity index (χ0) is 14.4. The number of carbonyl (C=O) groups is 1. The highest BCUT2D eigenvalue weighted by molar-refractivity contribution is 5.76. The second-order valence-corrected chi connectivity index (χ2v) is 6.61. The Hall–Kier alpha value is -0.570. The lowest BCUT2D eigenvalue weighted by molar-refractivity contribution is -0.123. The Morgan fingerprint density at radius 2 is 1.72 bits per heavy atom. The molecule has 3 heteroatoms. The summed E-state index contributed by atoms with van der Waals surface area (Å²) in [5.41, 5.74) is 0.00154. The average molecular weight is 257 g/mol. The average Bonchev–Trinajstić information content (AvgIpc) is 2.30. The summed E-state index contributed by atoms with van der Waals surface area (Å²) in [4.78, 5) is 11.9. The van der Waals surface area contributed by atoms with Crippen LogP contribution in [0.25, 0.3) is 0 Å². The molecule has 18 heavy (non-hydrogen) atoms. The number of rotatable bonds is 7. The van der Waals surface area contributed by atoms with E-state index in [1.807, 2.05) is 0 Å². The van der Waals surface area contributed by atoms with Crippen LogP contribution in [0.4, 0.5) is 0 Å². The summed E-state index contributed by atoms with van der Waals surface area (Å²) in [6, 6.07) is 0. The number of amides is 1. The number of hydrogen-bond donors (Lipinski definition) is 2. The highest BCUT2D eigenvalue weighted by Gasteiger charge is 2.27. The first kappa shape index (κ1) is 17.4. The molecule has 0 bridgehead atoms. The maximum atomic E-state index is 11.9. The highest BCUT2D eigenvalue weighted by Crippen LogP contribution is 2.28. The SMILES string of the molecule is CCC(CC)(CO)CNC(=O)CC(C)C(C)(C)C. The van der Waals surface area contributed by atoms with Gasteiger partial charge in [-0.1, -0.05) is 41.5 Å². The van der Waals surface area contributed by atoms with Gasteiger partial charge >= 0.3 is 0 Å². The fourth-order valence-corrected chi connectivity index (χ4v) is 1.72. The van der Waals surface area contributed by atoms with Crippen molar-refractivity contribution in [3.8, 4) is 0 Å². The molecule has 108 valence electrons. The second-order valence-electron chi connectivity index (χ2n) is 6.61. The first-order chi connectivity index (χ1) is 8.20. The normalized spacial score (nSPS) is 14.4. The topological polar surface area (TPSA) is 49.3 Å². The molecule has 0 aromatic heterocycles. The van der Waals surface area contributed by atoms with Crippen molar-refractivity contribution in [3.63, 3.8) is 0 Å². The number of aliphatic hydroxyl groups excluding tert-OH is 1. The van der Waals surface area contributed by atoms with Gasteiger partial charge in [-0.15, -0.1) is 0 Å². The van der Waals surface area contributed by atoms with Crippen molar-refractivity contribution >= 4 is 5.91 Å². The quantitative estimate of drug-likeness (QED) is 0.736. The van der Waals surface area contributed by atoms with Crippen molar-refractivity contribution in [2.75, 3.05) is 13.2 Å². The molecule has 0 heterocycles. The molecular formula is C15H31NO2. The molecule has 0 aliphatic rings. The summed E-state index contributed by atoms with van der Waals surface area (Å²) in [6.07, 6.45) is 2.32. The molecule has 0 rings (SSSR count). The Kier molecular flexibility index (Phi) is 6.90. The molecule has 3 nitrogen and oxygen atoms in total. The Bertz CT molecular complexity index is 243. The van der Waals surface area contributed by atoms with Crippen LogP contribution in [0.15, 0.2) is 0 Å². The Balaban J connectivity index is 4.26. The first-order valence-electron chi connectivity index (χ1n) is 7.08. The largest absolute Gasteiger partial charge is 0.396 e. The number of aliphatic hydroxyl groups is 1. The second kappa shape index (κ2) is 7.13. The zero-order valence-electron chi connectivity index (χ0n) is 13.0. The molecule has 0 aromatic rings. The molecule has 0 aromatic carbocycles. The van der Waals surface area contributed by atoms with Crippen LogP contribution in [-0.2, 0) is 4.79 Å². The van der Waals surface area contributed by atoms with E-state index in [-0.39, 0.29) is 23.3 Å². The van der Waals surface area contributed by atoms with Crippen molar-refractivity contribution < 1.29 is 9.90 Å². The van der Waals surface area contributed by atoms with Crippen molar-refractivity contribution in [1.29, 1.82) is 0 Å². The first-order valence-corrected chi connectivity index (χ1v) is 7.08. The maximum Gasteiger partial charge on any atom is 0.220 e. The molecule has 0 saturated carbocycles. The summed E-state index contributed by atoms with van der Waals surface area (Å²) in [5, 5.41) is 12.4. The summed E-state index contributed by atoms with van der Waals surface area (Å²) in [5.74, 6) is 0.446. The number of carbonyl (C=O) groups excluding carboxylic acids is 1. The Labute approximate surface area is 112 Å². The Morgan fingerprint density at radius 3 is 2.06 bits per heavy atom. The van der Waals surface area contributed by atoms with Gasteiger partial charge in [0.2, 0.25) is 5.91 Å². The zero-order valence-corrected chi connectivity index (χ0v) is 13.0. The van der Waals surface area contributed by atoms with Gasteiger partial charge in [-0.25, -0.2) is 0 Å². The lowest BCUT2D eigenvalue weighted by Crippen LogP contribution is -2.40. The molecule has 2 N–H and O–H groups in total. The molecule has 0 radical (unpaired) electrons. The molecule has 0 spiro atoms. The molecule has 1 unspecified atom stereocenters. The van der Waals surface area contributed by atoms with E-state index in [2.05, 4.69) is 46.9 Å². The number of hydrogen-bond acceptors (Lipinski definition) is 2. The van der Waals surface area contributed by atoms with Crippen molar-refractivity contribution in [2.24, 2.45) is 16.7 Å². The van der Waals surface area contributed by atoms with Crippen LogP contribution in [0, 0.1) is 16.7 Å². The van der Waals surface area contributed by atoms with Crippen LogP contribution in [0.1, 0.15) is 60.8 Å². The summed E-state index contributed by atoms with van der Waals surface area (Å²) >= 11 is 0. The van der Waals surface area contributed by atoms with E-state index < -0.39 is 0 Å². The third kappa shape index (κ3) is 5.38. The van der Waals surface area contributed by atoms with Gasteiger partial charge in [-0.05, 0) is 24.2 Å². The minimum atomic E-state index is -0.152. The highest BCUT2D eigenvalue weighted by atomic mass is 16.3. The summed E-state index contributed by atoms with van der Waals surface area (Å²) in [6.45, 7) is 13.4. The third-order valence-corrected chi connectivity index (χ3v) is 4.47. The van der Waals surface area contributed by atoms with Gasteiger partial charge in [0.05, 0.1) is 6.61 Å². The summed E-state index contributed by atoms with van der Waals surface area (Å²) in [7, 11) is 0. The third-order valence-electron chi connectivity index (χ3n) is 4.47. The van der Waals surface area contributed by atoms with Crippen LogP contribution in [-0.4, -0.2) is 24.2 Å². The van der Waals surface area contributed by atoms with Crippen LogP contribution < -0.4 is 5.32 Å². The van der Waals surface area contributed by atoms with Crippen molar-refractivity contribution in [2.45, 2.75) is 60.8 Å². The lowest BCUT2D eigenvalue weighted by atomic mass is 9.79.